The van der Waals surface area contributed by atoms with Gasteiger partial charge in [0, 0.05) is 26.2 Å². The van der Waals surface area contributed by atoms with E-state index in [1.165, 1.54) is 0 Å². The van der Waals surface area contributed by atoms with Crippen LogP contribution < -0.4 is 10.6 Å². The Hall–Kier alpha value is -1.27. The molecule has 0 radical (unpaired) electrons. The molecule has 0 unspecified atom stereocenters. The highest BCUT2D eigenvalue weighted by Crippen LogP contribution is 2.28. The van der Waals surface area contributed by atoms with Crippen LogP contribution in [-0.4, -0.2) is 38.9 Å². The highest BCUT2D eigenvalue weighted by atomic mass is 32.2. The summed E-state index contributed by atoms with van der Waals surface area (Å²) in [6, 6.07) is 5.12. The van der Waals surface area contributed by atoms with Gasteiger partial charge in [-0.25, -0.2) is 8.42 Å². The Kier molecular flexibility index (Phi) is 5.69. The molecule has 0 bridgehead atoms. The summed E-state index contributed by atoms with van der Waals surface area (Å²) in [4.78, 5) is 2.43. The molecule has 0 aromatic heterocycles. The predicted molar refractivity (Wildman–Crippen MR) is 91.6 cm³/mol. The molecule has 2 rings (SSSR count). The number of hydrogen-bond donors (Lipinski definition) is 1. The van der Waals surface area contributed by atoms with Crippen molar-refractivity contribution in [3.63, 3.8) is 0 Å². The van der Waals surface area contributed by atoms with Gasteiger partial charge >= 0.3 is 0 Å². The van der Waals surface area contributed by atoms with Crippen LogP contribution in [0.1, 0.15) is 39.5 Å². The van der Waals surface area contributed by atoms with Crippen molar-refractivity contribution in [2.24, 2.45) is 0 Å². The van der Waals surface area contributed by atoms with Gasteiger partial charge in [-0.1, -0.05) is 12.8 Å². The minimum Gasteiger partial charge on any atom is -0.397 e. The first-order chi connectivity index (χ1) is 10.5. The summed E-state index contributed by atoms with van der Waals surface area (Å²) in [6.07, 6.45) is 4.09. The normalized spacial score (nSPS) is 17.2. The zero-order valence-electron chi connectivity index (χ0n) is 13.6. The third-order valence-electron chi connectivity index (χ3n) is 4.31. The zero-order valence-corrected chi connectivity index (χ0v) is 14.4. The lowest BCUT2D eigenvalue weighted by Gasteiger charge is -2.24. The van der Waals surface area contributed by atoms with E-state index in [0.717, 1.165) is 44.5 Å². The van der Waals surface area contributed by atoms with Gasteiger partial charge in [0.1, 0.15) is 0 Å². The van der Waals surface area contributed by atoms with E-state index in [-0.39, 0.29) is 0 Å². The van der Waals surface area contributed by atoms with Crippen LogP contribution in [0.3, 0.4) is 0 Å². The lowest BCUT2D eigenvalue weighted by molar-refractivity contribution is 0.424. The van der Waals surface area contributed by atoms with Gasteiger partial charge in [0.15, 0.2) is 0 Å². The first-order valence-electron chi connectivity index (χ1n) is 8.15. The minimum absolute atomic E-state index is 0.308. The van der Waals surface area contributed by atoms with Crippen LogP contribution in [0.2, 0.25) is 0 Å². The molecule has 6 heteroatoms. The molecule has 2 N–H and O–H groups in total. The van der Waals surface area contributed by atoms with Gasteiger partial charge in [0.2, 0.25) is 10.0 Å². The Morgan fingerprint density at radius 3 is 2.18 bits per heavy atom. The highest BCUT2D eigenvalue weighted by molar-refractivity contribution is 7.89. The lowest BCUT2D eigenvalue weighted by Crippen LogP contribution is -2.32. The monoisotopic (exact) mass is 325 g/mol. The van der Waals surface area contributed by atoms with Crippen molar-refractivity contribution < 1.29 is 8.42 Å². The van der Waals surface area contributed by atoms with Crippen molar-refractivity contribution in [1.29, 1.82) is 0 Å². The second-order valence-electron chi connectivity index (χ2n) is 5.71. The van der Waals surface area contributed by atoms with Crippen molar-refractivity contribution >= 4 is 21.4 Å². The first kappa shape index (κ1) is 17.1. The van der Waals surface area contributed by atoms with Gasteiger partial charge in [-0.15, -0.1) is 0 Å². The maximum atomic E-state index is 12.8. The van der Waals surface area contributed by atoms with Crippen molar-refractivity contribution in [3.8, 4) is 0 Å². The molecule has 1 aliphatic heterocycles. The molecule has 0 atom stereocenters. The lowest BCUT2D eigenvalue weighted by atomic mass is 10.2. The van der Waals surface area contributed by atoms with E-state index in [0.29, 0.717) is 23.7 Å². The molecular formula is C16H27N3O2S. The van der Waals surface area contributed by atoms with Crippen molar-refractivity contribution in [2.45, 2.75) is 44.4 Å². The number of sulfonamides is 1. The Morgan fingerprint density at radius 2 is 1.68 bits per heavy atom. The average Bonchev–Trinajstić information content (AvgIpc) is 2.79. The van der Waals surface area contributed by atoms with Crippen molar-refractivity contribution in [3.05, 3.63) is 18.2 Å². The molecule has 5 nitrogen and oxygen atoms in total. The Balaban J connectivity index is 2.30. The Labute approximate surface area is 134 Å². The fourth-order valence-electron chi connectivity index (χ4n) is 2.98. The van der Waals surface area contributed by atoms with E-state index in [1.54, 1.807) is 16.4 Å². The Morgan fingerprint density at radius 1 is 1.09 bits per heavy atom. The van der Waals surface area contributed by atoms with E-state index >= 15 is 0 Å². The second kappa shape index (κ2) is 7.33. The topological polar surface area (TPSA) is 66.6 Å². The van der Waals surface area contributed by atoms with Crippen LogP contribution in [0.5, 0.6) is 0 Å². The maximum Gasteiger partial charge on any atom is 0.243 e. The van der Waals surface area contributed by atoms with E-state index in [2.05, 4.69) is 18.7 Å². The molecule has 0 saturated carbocycles. The maximum absolute atomic E-state index is 12.8. The van der Waals surface area contributed by atoms with E-state index in [9.17, 15) is 8.42 Å². The molecule has 1 heterocycles. The van der Waals surface area contributed by atoms with Gasteiger partial charge in [-0.2, -0.15) is 4.31 Å². The quantitative estimate of drug-likeness (QED) is 0.845. The summed E-state index contributed by atoms with van der Waals surface area (Å²) in [6.45, 7) is 7.04. The van der Waals surface area contributed by atoms with Gasteiger partial charge in [0.25, 0.3) is 0 Å². The third kappa shape index (κ3) is 3.55. The van der Waals surface area contributed by atoms with Gasteiger partial charge in [-0.3, -0.25) is 0 Å². The molecule has 1 fully saturated rings. The number of nitrogens with zero attached hydrogens (tertiary/aromatic N) is 2. The molecule has 0 amide bonds. The van der Waals surface area contributed by atoms with Crippen molar-refractivity contribution in [1.82, 2.24) is 4.31 Å². The van der Waals surface area contributed by atoms with Crippen LogP contribution in [0.25, 0.3) is 0 Å². The largest absolute Gasteiger partial charge is 0.397 e. The number of rotatable bonds is 5. The molecule has 0 spiro atoms. The smallest absolute Gasteiger partial charge is 0.243 e. The number of anilines is 2. The molecule has 1 aliphatic rings. The van der Waals surface area contributed by atoms with Crippen molar-refractivity contribution in [2.75, 3.05) is 36.8 Å². The fourth-order valence-corrected chi connectivity index (χ4v) is 4.53. The summed E-state index contributed by atoms with van der Waals surface area (Å²) in [5.74, 6) is 0. The molecular weight excluding hydrogens is 298 g/mol. The minimum atomic E-state index is -3.43. The average molecular weight is 325 g/mol. The number of hydrogen-bond acceptors (Lipinski definition) is 4. The predicted octanol–water partition coefficient (Wildman–Crippen LogP) is 2.68. The molecule has 1 aromatic carbocycles. The fraction of sp³-hybridized carbons (Fsp3) is 0.625. The van der Waals surface area contributed by atoms with Crippen LogP contribution in [0.4, 0.5) is 11.4 Å². The summed E-state index contributed by atoms with van der Waals surface area (Å²) in [5, 5.41) is 0. The van der Waals surface area contributed by atoms with E-state index < -0.39 is 10.0 Å². The zero-order chi connectivity index (χ0) is 16.2. The van der Waals surface area contributed by atoms with Crippen LogP contribution >= 0.6 is 0 Å². The van der Waals surface area contributed by atoms with Gasteiger partial charge in [-0.05, 0) is 44.9 Å². The summed E-state index contributed by atoms with van der Waals surface area (Å²) in [5.41, 5.74) is 7.54. The van der Waals surface area contributed by atoms with Crippen LogP contribution in [-0.2, 0) is 10.0 Å². The molecule has 1 aromatic rings. The highest BCUT2D eigenvalue weighted by Gasteiger charge is 2.25. The second-order valence-corrected chi connectivity index (χ2v) is 7.65. The number of nitrogens with two attached hydrogens (primary N) is 1. The number of nitrogen functional groups attached to an aromatic ring is 1. The van der Waals surface area contributed by atoms with E-state index in [1.807, 2.05) is 6.07 Å². The van der Waals surface area contributed by atoms with Gasteiger partial charge < -0.3 is 10.6 Å². The molecule has 0 aliphatic carbocycles. The van der Waals surface area contributed by atoms with E-state index in [4.69, 9.17) is 5.73 Å². The molecule has 1 saturated heterocycles. The number of benzene rings is 1. The molecule has 124 valence electrons. The third-order valence-corrected chi connectivity index (χ3v) is 6.20. The summed E-state index contributed by atoms with van der Waals surface area (Å²) < 4.78 is 27.1. The SMILES string of the molecule is CCN(CC)c1ccc(S(=O)(=O)N2CCCCCC2)cc1N. The molecule has 22 heavy (non-hydrogen) atoms. The first-order valence-corrected chi connectivity index (χ1v) is 9.59. The Bertz CT molecular complexity index is 589. The van der Waals surface area contributed by atoms with Crippen LogP contribution in [0.15, 0.2) is 23.1 Å². The summed E-state index contributed by atoms with van der Waals surface area (Å²) >= 11 is 0. The standard InChI is InChI=1S/C16H27N3O2S/c1-3-18(4-2)16-10-9-14(13-15(16)17)22(20,21)19-11-7-5-6-8-12-19/h9-10,13H,3-8,11-12,17H2,1-2H3. The summed E-state index contributed by atoms with van der Waals surface area (Å²) in [7, 11) is -3.43. The van der Waals surface area contributed by atoms with Gasteiger partial charge in [0.05, 0.1) is 16.3 Å². The van der Waals surface area contributed by atoms with Crippen LogP contribution in [0, 0.1) is 0 Å².